The fraction of sp³-hybridized carbons (Fsp3) is 0.238. The van der Waals surface area contributed by atoms with Crippen molar-refractivity contribution in [2.24, 2.45) is 0 Å². The average molecular weight is 375 g/mol. The number of aromatic nitrogens is 3. The number of carbonyl (C=O) groups is 1. The van der Waals surface area contributed by atoms with Crippen LogP contribution < -0.4 is 4.90 Å². The SMILES string of the molecule is CN(C)c1nc(-c2ccccn2)nc2c1CCN(C(=O)c1ccc(O)cc1)C2. The van der Waals surface area contributed by atoms with Gasteiger partial charge in [0.1, 0.15) is 17.3 Å². The van der Waals surface area contributed by atoms with Gasteiger partial charge in [-0.25, -0.2) is 9.97 Å². The Balaban J connectivity index is 1.69. The quantitative estimate of drug-likeness (QED) is 0.757. The Morgan fingerprint density at radius 3 is 2.57 bits per heavy atom. The lowest BCUT2D eigenvalue weighted by molar-refractivity contribution is 0.0732. The third-order valence-corrected chi connectivity index (χ3v) is 4.76. The zero-order valence-corrected chi connectivity index (χ0v) is 15.8. The molecule has 1 amide bonds. The lowest BCUT2D eigenvalue weighted by Gasteiger charge is -2.30. The zero-order chi connectivity index (χ0) is 19.7. The molecule has 1 aromatic carbocycles. The molecule has 0 unspecified atom stereocenters. The molecule has 7 heteroatoms. The molecular weight excluding hydrogens is 354 g/mol. The largest absolute Gasteiger partial charge is 0.508 e. The van der Waals surface area contributed by atoms with Crippen molar-refractivity contribution in [3.8, 4) is 17.3 Å². The minimum atomic E-state index is -0.0740. The molecule has 1 N–H and O–H groups in total. The first kappa shape index (κ1) is 17.9. The third kappa shape index (κ3) is 3.38. The highest BCUT2D eigenvalue weighted by Gasteiger charge is 2.27. The Morgan fingerprint density at radius 2 is 1.89 bits per heavy atom. The number of amides is 1. The normalized spacial score (nSPS) is 13.1. The van der Waals surface area contributed by atoms with E-state index in [1.54, 1.807) is 23.2 Å². The van der Waals surface area contributed by atoms with Crippen molar-refractivity contribution in [2.75, 3.05) is 25.5 Å². The number of hydrogen-bond acceptors (Lipinski definition) is 6. The van der Waals surface area contributed by atoms with Crippen LogP contribution in [0.2, 0.25) is 0 Å². The molecule has 0 atom stereocenters. The Hall–Kier alpha value is -3.48. The number of phenols is 1. The predicted molar refractivity (Wildman–Crippen MR) is 106 cm³/mol. The summed E-state index contributed by atoms with van der Waals surface area (Å²) in [6.07, 6.45) is 2.41. The molecule has 4 rings (SSSR count). The highest BCUT2D eigenvalue weighted by Crippen LogP contribution is 2.28. The molecule has 28 heavy (non-hydrogen) atoms. The number of hydrogen-bond donors (Lipinski definition) is 1. The molecule has 0 spiro atoms. The number of benzene rings is 1. The van der Waals surface area contributed by atoms with Gasteiger partial charge in [-0.2, -0.15) is 0 Å². The van der Waals surface area contributed by atoms with Crippen LogP contribution in [0.5, 0.6) is 5.75 Å². The van der Waals surface area contributed by atoms with Crippen molar-refractivity contribution >= 4 is 11.7 Å². The molecule has 3 aromatic rings. The van der Waals surface area contributed by atoms with Gasteiger partial charge >= 0.3 is 0 Å². The van der Waals surface area contributed by atoms with Gasteiger partial charge in [0.2, 0.25) is 0 Å². The van der Waals surface area contributed by atoms with E-state index in [9.17, 15) is 9.90 Å². The van der Waals surface area contributed by atoms with Crippen LogP contribution in [-0.2, 0) is 13.0 Å². The molecular formula is C21H21N5O2. The van der Waals surface area contributed by atoms with Gasteiger partial charge in [0.05, 0.1) is 12.2 Å². The molecule has 0 bridgehead atoms. The zero-order valence-electron chi connectivity index (χ0n) is 15.8. The summed E-state index contributed by atoms with van der Waals surface area (Å²) in [5.41, 5.74) is 3.17. The van der Waals surface area contributed by atoms with E-state index < -0.39 is 0 Å². The van der Waals surface area contributed by atoms with E-state index >= 15 is 0 Å². The molecule has 0 fully saturated rings. The first-order chi connectivity index (χ1) is 13.5. The maximum Gasteiger partial charge on any atom is 0.254 e. The second-order valence-corrected chi connectivity index (χ2v) is 6.93. The van der Waals surface area contributed by atoms with E-state index in [4.69, 9.17) is 9.97 Å². The van der Waals surface area contributed by atoms with Crippen LogP contribution in [0.25, 0.3) is 11.5 Å². The van der Waals surface area contributed by atoms with Crippen molar-refractivity contribution in [3.63, 3.8) is 0 Å². The lowest BCUT2D eigenvalue weighted by Crippen LogP contribution is -2.37. The fourth-order valence-corrected chi connectivity index (χ4v) is 3.35. The molecule has 0 saturated heterocycles. The smallest absolute Gasteiger partial charge is 0.254 e. The first-order valence-corrected chi connectivity index (χ1v) is 9.10. The van der Waals surface area contributed by atoms with Gasteiger partial charge in [-0.05, 0) is 42.8 Å². The second-order valence-electron chi connectivity index (χ2n) is 6.93. The standard InChI is InChI=1S/C21H21N5O2/c1-25(2)20-16-10-12-26(21(28)14-6-8-15(27)9-7-14)13-18(16)23-19(24-20)17-5-3-4-11-22-17/h3-9,11,27H,10,12-13H2,1-2H3. The summed E-state index contributed by atoms with van der Waals surface area (Å²) in [7, 11) is 3.91. The molecule has 142 valence electrons. The highest BCUT2D eigenvalue weighted by atomic mass is 16.3. The summed E-state index contributed by atoms with van der Waals surface area (Å²) < 4.78 is 0. The van der Waals surface area contributed by atoms with Crippen LogP contribution in [-0.4, -0.2) is 51.5 Å². The van der Waals surface area contributed by atoms with Crippen molar-refractivity contribution < 1.29 is 9.90 Å². The van der Waals surface area contributed by atoms with Crippen molar-refractivity contribution in [3.05, 3.63) is 65.5 Å². The van der Waals surface area contributed by atoms with E-state index in [0.717, 1.165) is 17.1 Å². The van der Waals surface area contributed by atoms with Gasteiger partial charge in [-0.15, -0.1) is 0 Å². The first-order valence-electron chi connectivity index (χ1n) is 9.10. The number of nitrogens with zero attached hydrogens (tertiary/aromatic N) is 5. The molecule has 0 aliphatic carbocycles. The Kier molecular flexibility index (Phi) is 4.65. The van der Waals surface area contributed by atoms with Gasteiger partial charge in [-0.3, -0.25) is 9.78 Å². The lowest BCUT2D eigenvalue weighted by atomic mass is 10.0. The number of fused-ring (bicyclic) bond motifs is 1. The van der Waals surface area contributed by atoms with E-state index in [2.05, 4.69) is 4.98 Å². The van der Waals surface area contributed by atoms with Crippen LogP contribution in [0.3, 0.4) is 0 Å². The number of phenolic OH excluding ortho intramolecular Hbond substituents is 1. The van der Waals surface area contributed by atoms with Gasteiger partial charge in [0.25, 0.3) is 5.91 Å². The summed E-state index contributed by atoms with van der Waals surface area (Å²) in [5, 5.41) is 9.45. The number of aromatic hydroxyl groups is 1. The summed E-state index contributed by atoms with van der Waals surface area (Å²) in [6, 6.07) is 12.0. The van der Waals surface area contributed by atoms with Crippen molar-refractivity contribution in [1.82, 2.24) is 19.9 Å². The van der Waals surface area contributed by atoms with Crippen LogP contribution >= 0.6 is 0 Å². The number of carbonyl (C=O) groups excluding carboxylic acids is 1. The summed E-state index contributed by atoms with van der Waals surface area (Å²) in [5.74, 6) is 1.49. The molecule has 1 aliphatic heterocycles. The third-order valence-electron chi connectivity index (χ3n) is 4.76. The van der Waals surface area contributed by atoms with E-state index in [-0.39, 0.29) is 11.7 Å². The predicted octanol–water partition coefficient (Wildman–Crippen LogP) is 2.51. The fourth-order valence-electron chi connectivity index (χ4n) is 3.35. The summed E-state index contributed by atoms with van der Waals surface area (Å²) >= 11 is 0. The molecule has 0 radical (unpaired) electrons. The van der Waals surface area contributed by atoms with E-state index in [1.807, 2.05) is 37.2 Å². The number of rotatable bonds is 3. The van der Waals surface area contributed by atoms with Crippen LogP contribution in [0, 0.1) is 0 Å². The van der Waals surface area contributed by atoms with Crippen LogP contribution in [0.1, 0.15) is 21.6 Å². The maximum atomic E-state index is 12.9. The minimum absolute atomic E-state index is 0.0740. The molecule has 3 heterocycles. The van der Waals surface area contributed by atoms with Crippen molar-refractivity contribution in [1.29, 1.82) is 0 Å². The highest BCUT2D eigenvalue weighted by molar-refractivity contribution is 5.94. The Labute approximate surface area is 163 Å². The Morgan fingerprint density at radius 1 is 1.11 bits per heavy atom. The van der Waals surface area contributed by atoms with Gasteiger partial charge < -0.3 is 14.9 Å². The average Bonchev–Trinajstić information content (AvgIpc) is 2.73. The summed E-state index contributed by atoms with van der Waals surface area (Å²) in [6.45, 7) is 1.01. The van der Waals surface area contributed by atoms with E-state index in [0.29, 0.717) is 36.6 Å². The van der Waals surface area contributed by atoms with Gasteiger partial charge in [-0.1, -0.05) is 6.07 Å². The van der Waals surface area contributed by atoms with Gasteiger partial charge in [0, 0.05) is 38.0 Å². The maximum absolute atomic E-state index is 12.9. The van der Waals surface area contributed by atoms with Crippen LogP contribution in [0.15, 0.2) is 48.7 Å². The molecule has 0 saturated carbocycles. The number of pyridine rings is 1. The topological polar surface area (TPSA) is 82.5 Å². The summed E-state index contributed by atoms with van der Waals surface area (Å²) in [4.78, 5) is 30.4. The van der Waals surface area contributed by atoms with Crippen LogP contribution in [0.4, 0.5) is 5.82 Å². The Bertz CT molecular complexity index is 1000. The van der Waals surface area contributed by atoms with E-state index in [1.165, 1.54) is 12.1 Å². The second kappa shape index (κ2) is 7.26. The molecule has 2 aromatic heterocycles. The number of anilines is 1. The van der Waals surface area contributed by atoms with Gasteiger partial charge in [0.15, 0.2) is 5.82 Å². The molecule has 7 nitrogen and oxygen atoms in total. The van der Waals surface area contributed by atoms with Crippen molar-refractivity contribution in [2.45, 2.75) is 13.0 Å². The monoisotopic (exact) mass is 375 g/mol. The minimum Gasteiger partial charge on any atom is -0.508 e. The molecule has 1 aliphatic rings.